The molecule has 8 nitrogen and oxygen atoms in total. The van der Waals surface area contributed by atoms with Crippen molar-refractivity contribution in [2.45, 2.75) is 49.9 Å². The number of piperidine rings is 1. The lowest BCUT2D eigenvalue weighted by molar-refractivity contribution is -0.274. The van der Waals surface area contributed by atoms with Gasteiger partial charge in [0.05, 0.1) is 5.69 Å². The molecule has 4 aromatic rings. The highest BCUT2D eigenvalue weighted by Gasteiger charge is 2.50. The Morgan fingerprint density at radius 3 is 2.41 bits per heavy atom. The van der Waals surface area contributed by atoms with Crippen molar-refractivity contribution in [2.24, 2.45) is 11.1 Å². The molecule has 0 unspecified atom stereocenters. The minimum Gasteiger partial charge on any atom is -0.406 e. The summed E-state index contributed by atoms with van der Waals surface area (Å²) in [6.45, 7) is 1.46. The quantitative estimate of drug-likeness (QED) is 0.355. The van der Waals surface area contributed by atoms with Crippen LogP contribution in [0, 0.1) is 5.41 Å². The fourth-order valence-electron chi connectivity index (χ4n) is 6.65. The maximum atomic E-state index is 13.3. The second-order valence-electron chi connectivity index (χ2n) is 11.0. The average molecular weight is 537 g/mol. The summed E-state index contributed by atoms with van der Waals surface area (Å²) in [5.74, 6) is 0.212. The molecule has 2 fully saturated rings. The number of alkyl halides is 3. The van der Waals surface area contributed by atoms with Gasteiger partial charge >= 0.3 is 6.36 Å². The van der Waals surface area contributed by atoms with Crippen LogP contribution in [0.1, 0.15) is 54.1 Å². The number of rotatable bonds is 4. The SMILES string of the molecule is N[C@@H]1c2ccccc2CC12CCN(c1nc3[nH]nc(C4(c5ccc(OC(F)(F)F)cc5)CC4)c3c(=O)[nH]1)CC2. The van der Waals surface area contributed by atoms with Gasteiger partial charge in [0, 0.05) is 24.5 Å². The summed E-state index contributed by atoms with van der Waals surface area (Å²) in [7, 11) is 0. The molecular weight excluding hydrogens is 509 g/mol. The highest BCUT2D eigenvalue weighted by molar-refractivity contribution is 5.80. The standard InChI is InChI=1S/C28H27F3N6O2/c29-28(30,31)39-18-7-5-17(6-8-18)27(9-10-27)22-20-23(36-35-22)33-25(34-24(20)38)37-13-11-26(12-14-37)15-16-3-1-2-4-19(16)21(26)32/h1-8,21H,9-15,32H2,(H2,33,34,35,36,38)/t21-/m1/s1. The number of H-pyrrole nitrogens is 2. The number of nitrogens with one attached hydrogen (secondary N) is 2. The molecule has 2 aromatic heterocycles. The number of halogens is 3. The minimum atomic E-state index is -4.75. The normalized spacial score (nSPS) is 21.3. The van der Waals surface area contributed by atoms with Gasteiger partial charge in [0.25, 0.3) is 5.56 Å². The molecule has 4 N–H and O–H groups in total. The third-order valence-electron chi connectivity index (χ3n) is 8.91. The number of fused-ring (bicyclic) bond motifs is 2. The van der Waals surface area contributed by atoms with Crippen molar-refractivity contribution in [3.8, 4) is 5.75 Å². The first-order valence-corrected chi connectivity index (χ1v) is 13.1. The van der Waals surface area contributed by atoms with Crippen LogP contribution in [0.4, 0.5) is 19.1 Å². The van der Waals surface area contributed by atoms with Crippen LogP contribution >= 0.6 is 0 Å². The lowest BCUT2D eigenvalue weighted by Crippen LogP contribution is -2.45. The number of hydrogen-bond donors (Lipinski definition) is 3. The Bertz CT molecular complexity index is 1620. The van der Waals surface area contributed by atoms with Gasteiger partial charge in [-0.3, -0.25) is 14.9 Å². The molecule has 7 rings (SSSR count). The van der Waals surface area contributed by atoms with Gasteiger partial charge in [-0.15, -0.1) is 13.2 Å². The minimum absolute atomic E-state index is 0.00401. The van der Waals surface area contributed by atoms with Gasteiger partial charge in [-0.2, -0.15) is 10.1 Å². The van der Waals surface area contributed by atoms with E-state index >= 15 is 0 Å². The molecule has 1 atom stereocenters. The number of aromatic nitrogens is 4. The van der Waals surface area contributed by atoms with Gasteiger partial charge in [-0.05, 0) is 66.3 Å². The van der Waals surface area contributed by atoms with Crippen LogP contribution in [0.25, 0.3) is 11.0 Å². The zero-order valence-electron chi connectivity index (χ0n) is 21.0. The molecule has 3 aliphatic rings. The summed E-state index contributed by atoms with van der Waals surface area (Å²) >= 11 is 0. The Balaban J connectivity index is 1.13. The monoisotopic (exact) mass is 536 g/mol. The van der Waals surface area contributed by atoms with E-state index in [1.54, 1.807) is 12.1 Å². The van der Waals surface area contributed by atoms with Gasteiger partial charge in [-0.25, -0.2) is 0 Å². The highest BCUT2D eigenvalue weighted by Crippen LogP contribution is 2.54. The third kappa shape index (κ3) is 3.90. The van der Waals surface area contributed by atoms with Crippen molar-refractivity contribution in [3.63, 3.8) is 0 Å². The Hall–Kier alpha value is -3.86. The van der Waals surface area contributed by atoms with E-state index < -0.39 is 11.8 Å². The van der Waals surface area contributed by atoms with E-state index in [0.717, 1.165) is 50.8 Å². The fraction of sp³-hybridized carbons (Fsp3) is 0.393. The topological polar surface area (TPSA) is 113 Å². The van der Waals surface area contributed by atoms with Crippen LogP contribution in [0.3, 0.4) is 0 Å². The van der Waals surface area contributed by atoms with Crippen molar-refractivity contribution in [1.29, 1.82) is 0 Å². The molecule has 2 aromatic carbocycles. The van der Waals surface area contributed by atoms with Gasteiger partial charge in [0.1, 0.15) is 11.1 Å². The highest BCUT2D eigenvalue weighted by atomic mass is 19.4. The number of benzene rings is 2. The maximum Gasteiger partial charge on any atom is 0.573 e. The van der Waals surface area contributed by atoms with E-state index in [-0.39, 0.29) is 22.8 Å². The van der Waals surface area contributed by atoms with E-state index in [2.05, 4.69) is 43.0 Å². The Morgan fingerprint density at radius 1 is 1.03 bits per heavy atom. The number of anilines is 1. The van der Waals surface area contributed by atoms with Gasteiger partial charge in [0.2, 0.25) is 5.95 Å². The second-order valence-corrected chi connectivity index (χ2v) is 11.0. The average Bonchev–Trinajstić information content (AvgIpc) is 3.52. The van der Waals surface area contributed by atoms with Crippen molar-refractivity contribution in [1.82, 2.24) is 20.2 Å². The molecule has 3 heterocycles. The molecule has 0 radical (unpaired) electrons. The van der Waals surface area contributed by atoms with Crippen LogP contribution < -0.4 is 20.9 Å². The fourth-order valence-corrected chi connectivity index (χ4v) is 6.65. The van der Waals surface area contributed by atoms with Crippen molar-refractivity contribution in [3.05, 3.63) is 81.3 Å². The predicted octanol–water partition coefficient (Wildman–Crippen LogP) is 4.47. The molecule has 1 aliphatic heterocycles. The van der Waals surface area contributed by atoms with E-state index in [9.17, 15) is 18.0 Å². The second kappa shape index (κ2) is 8.32. The molecule has 0 bridgehead atoms. The van der Waals surface area contributed by atoms with Crippen molar-refractivity contribution in [2.75, 3.05) is 18.0 Å². The van der Waals surface area contributed by atoms with Crippen LogP contribution in [-0.2, 0) is 11.8 Å². The lowest BCUT2D eigenvalue weighted by Gasteiger charge is -2.42. The molecule has 11 heteroatoms. The van der Waals surface area contributed by atoms with Crippen LogP contribution in [0.5, 0.6) is 5.75 Å². The van der Waals surface area contributed by atoms with Gasteiger partial charge in [0.15, 0.2) is 5.65 Å². The predicted molar refractivity (Wildman–Crippen MR) is 139 cm³/mol. The molecule has 1 saturated heterocycles. The number of ether oxygens (including phenoxy) is 1. The summed E-state index contributed by atoms with van der Waals surface area (Å²) in [6.07, 6.45) is -0.533. The molecule has 1 spiro atoms. The van der Waals surface area contributed by atoms with Crippen LogP contribution in [0.15, 0.2) is 53.3 Å². The summed E-state index contributed by atoms with van der Waals surface area (Å²) < 4.78 is 41.7. The van der Waals surface area contributed by atoms with Gasteiger partial charge < -0.3 is 15.4 Å². The molecule has 0 amide bonds. The summed E-state index contributed by atoms with van der Waals surface area (Å²) in [5.41, 5.74) is 10.2. The zero-order chi connectivity index (χ0) is 27.0. The number of nitrogens with zero attached hydrogens (tertiary/aromatic N) is 3. The number of aromatic amines is 2. The zero-order valence-corrected chi connectivity index (χ0v) is 21.0. The summed E-state index contributed by atoms with van der Waals surface area (Å²) in [6, 6.07) is 14.2. The first-order valence-electron chi connectivity index (χ1n) is 13.1. The van der Waals surface area contributed by atoms with Gasteiger partial charge in [-0.1, -0.05) is 36.4 Å². The van der Waals surface area contributed by atoms with E-state index in [4.69, 9.17) is 10.7 Å². The van der Waals surface area contributed by atoms with E-state index in [1.807, 2.05) is 6.07 Å². The lowest BCUT2D eigenvalue weighted by atomic mass is 9.73. The largest absolute Gasteiger partial charge is 0.573 e. The smallest absolute Gasteiger partial charge is 0.406 e. The first kappa shape index (κ1) is 24.2. The molecule has 202 valence electrons. The van der Waals surface area contributed by atoms with Crippen LogP contribution in [-0.4, -0.2) is 39.6 Å². The molecule has 2 aliphatic carbocycles. The van der Waals surface area contributed by atoms with E-state index in [0.29, 0.717) is 22.7 Å². The van der Waals surface area contributed by atoms with Crippen molar-refractivity contribution >= 4 is 17.0 Å². The molecular formula is C28H27F3N6O2. The molecule has 39 heavy (non-hydrogen) atoms. The van der Waals surface area contributed by atoms with Crippen molar-refractivity contribution < 1.29 is 17.9 Å². The molecule has 1 saturated carbocycles. The number of nitrogens with two attached hydrogens (primary N) is 1. The Kier molecular flexibility index (Phi) is 5.16. The summed E-state index contributed by atoms with van der Waals surface area (Å²) in [4.78, 5) is 23.1. The third-order valence-corrected chi connectivity index (χ3v) is 8.91. The maximum absolute atomic E-state index is 13.3. The van der Waals surface area contributed by atoms with E-state index in [1.165, 1.54) is 23.3 Å². The Labute approximate surface area is 221 Å². The summed E-state index contributed by atoms with van der Waals surface area (Å²) in [5, 5.41) is 7.79. The van der Waals surface area contributed by atoms with Crippen LogP contribution in [0.2, 0.25) is 0 Å². The first-order chi connectivity index (χ1) is 18.7. The number of hydrogen-bond acceptors (Lipinski definition) is 6. The Morgan fingerprint density at radius 2 is 1.74 bits per heavy atom.